The van der Waals surface area contributed by atoms with Crippen molar-refractivity contribution in [2.24, 2.45) is 5.11 Å². The molecule has 0 aliphatic carbocycles. The molecule has 0 saturated carbocycles. The van der Waals surface area contributed by atoms with Crippen LogP contribution in [-0.2, 0) is 0 Å². The third-order valence-corrected chi connectivity index (χ3v) is 3.00. The van der Waals surface area contributed by atoms with Gasteiger partial charge in [-0.1, -0.05) is 23.3 Å². The van der Waals surface area contributed by atoms with E-state index >= 15 is 0 Å². The molecule has 2 aromatic rings. The van der Waals surface area contributed by atoms with Gasteiger partial charge in [0, 0.05) is 4.91 Å². The van der Waals surface area contributed by atoms with Gasteiger partial charge in [0.25, 0.3) is 0 Å². The molecule has 22 heavy (non-hydrogen) atoms. The molecular formula is C16H17N3O3. The molecule has 0 heterocycles. The summed E-state index contributed by atoms with van der Waals surface area (Å²) in [7, 11) is 0. The standard InChI is InChI=1S/C16H17N3O3/c1-12(16(20)11-18-19-17)21-14-7-9-15(10-8-14)22-13-5-3-2-4-6-13/h2-10,12,16,20H,11H2,1H3. The van der Waals surface area contributed by atoms with E-state index in [1.807, 2.05) is 30.3 Å². The third kappa shape index (κ3) is 4.70. The molecule has 0 saturated heterocycles. The maximum atomic E-state index is 9.75. The van der Waals surface area contributed by atoms with Gasteiger partial charge in [0.1, 0.15) is 23.4 Å². The van der Waals surface area contributed by atoms with E-state index in [4.69, 9.17) is 15.0 Å². The van der Waals surface area contributed by atoms with E-state index < -0.39 is 12.2 Å². The molecule has 0 aromatic heterocycles. The zero-order valence-electron chi connectivity index (χ0n) is 12.2. The van der Waals surface area contributed by atoms with Gasteiger partial charge in [0.15, 0.2) is 0 Å². The monoisotopic (exact) mass is 299 g/mol. The molecular weight excluding hydrogens is 282 g/mol. The number of azide groups is 1. The highest BCUT2D eigenvalue weighted by Gasteiger charge is 2.14. The molecule has 2 rings (SSSR count). The number of benzene rings is 2. The first kappa shape index (κ1) is 15.7. The molecule has 0 aliphatic heterocycles. The largest absolute Gasteiger partial charge is 0.488 e. The second kappa shape index (κ2) is 7.93. The van der Waals surface area contributed by atoms with Crippen molar-refractivity contribution >= 4 is 0 Å². The molecule has 6 heteroatoms. The molecule has 0 bridgehead atoms. The van der Waals surface area contributed by atoms with Gasteiger partial charge in [-0.05, 0) is 48.9 Å². The van der Waals surface area contributed by atoms with E-state index in [1.54, 1.807) is 31.2 Å². The van der Waals surface area contributed by atoms with E-state index in [9.17, 15) is 5.11 Å². The molecule has 0 amide bonds. The van der Waals surface area contributed by atoms with E-state index in [0.717, 1.165) is 5.75 Å². The quantitative estimate of drug-likeness (QED) is 0.477. The first-order chi connectivity index (χ1) is 10.7. The highest BCUT2D eigenvalue weighted by Crippen LogP contribution is 2.24. The van der Waals surface area contributed by atoms with Crippen LogP contribution >= 0.6 is 0 Å². The topological polar surface area (TPSA) is 87.5 Å². The number of aliphatic hydroxyl groups is 1. The van der Waals surface area contributed by atoms with Gasteiger partial charge in [-0.25, -0.2) is 0 Å². The van der Waals surface area contributed by atoms with Crippen molar-refractivity contribution in [1.29, 1.82) is 0 Å². The number of hydrogen-bond donors (Lipinski definition) is 1. The van der Waals surface area contributed by atoms with E-state index in [2.05, 4.69) is 10.0 Å². The lowest BCUT2D eigenvalue weighted by molar-refractivity contribution is 0.0536. The highest BCUT2D eigenvalue weighted by atomic mass is 16.5. The smallest absolute Gasteiger partial charge is 0.127 e. The first-order valence-corrected chi connectivity index (χ1v) is 6.87. The Morgan fingerprint density at radius 3 is 2.27 bits per heavy atom. The zero-order chi connectivity index (χ0) is 15.8. The van der Waals surface area contributed by atoms with Gasteiger partial charge in [-0.2, -0.15) is 0 Å². The van der Waals surface area contributed by atoms with Crippen molar-refractivity contribution in [3.63, 3.8) is 0 Å². The summed E-state index contributed by atoms with van der Waals surface area (Å²) in [4.78, 5) is 2.61. The Hall–Kier alpha value is -2.69. The average Bonchev–Trinajstić information content (AvgIpc) is 2.55. The predicted molar refractivity (Wildman–Crippen MR) is 83.1 cm³/mol. The molecule has 2 unspecified atom stereocenters. The molecule has 114 valence electrons. The van der Waals surface area contributed by atoms with Crippen LogP contribution in [0, 0.1) is 0 Å². The summed E-state index contributed by atoms with van der Waals surface area (Å²) >= 11 is 0. The predicted octanol–water partition coefficient (Wildman–Crippen LogP) is 3.92. The summed E-state index contributed by atoms with van der Waals surface area (Å²) in [5.74, 6) is 2.06. The molecule has 2 atom stereocenters. The zero-order valence-corrected chi connectivity index (χ0v) is 12.2. The van der Waals surface area contributed by atoms with Crippen LogP contribution in [0.4, 0.5) is 0 Å². The van der Waals surface area contributed by atoms with Crippen molar-refractivity contribution in [2.45, 2.75) is 19.1 Å². The molecule has 2 aromatic carbocycles. The van der Waals surface area contributed by atoms with Crippen LogP contribution in [0.15, 0.2) is 59.7 Å². The van der Waals surface area contributed by atoms with Crippen LogP contribution in [0.5, 0.6) is 17.2 Å². The molecule has 0 fully saturated rings. The van der Waals surface area contributed by atoms with Crippen molar-refractivity contribution in [3.8, 4) is 17.2 Å². The Morgan fingerprint density at radius 2 is 1.64 bits per heavy atom. The van der Waals surface area contributed by atoms with Gasteiger partial charge >= 0.3 is 0 Å². The molecule has 1 N–H and O–H groups in total. The summed E-state index contributed by atoms with van der Waals surface area (Å²) in [6.45, 7) is 1.69. The van der Waals surface area contributed by atoms with Crippen molar-refractivity contribution in [2.75, 3.05) is 6.54 Å². The molecule has 0 spiro atoms. The molecule has 0 aliphatic rings. The number of hydrogen-bond acceptors (Lipinski definition) is 4. The maximum absolute atomic E-state index is 9.75. The van der Waals surface area contributed by atoms with Crippen molar-refractivity contribution in [1.82, 2.24) is 0 Å². The normalized spacial score (nSPS) is 12.8. The van der Waals surface area contributed by atoms with Gasteiger partial charge in [-0.3, -0.25) is 0 Å². The lowest BCUT2D eigenvalue weighted by atomic mass is 10.2. The van der Waals surface area contributed by atoms with Crippen LogP contribution in [0.3, 0.4) is 0 Å². The SMILES string of the molecule is CC(Oc1ccc(Oc2ccccc2)cc1)C(O)CN=[N+]=[N-]. The molecule has 6 nitrogen and oxygen atoms in total. The number of rotatable bonds is 7. The summed E-state index contributed by atoms with van der Waals surface area (Å²) in [5.41, 5.74) is 8.23. The Labute approximate surface area is 128 Å². The van der Waals surface area contributed by atoms with E-state index in [-0.39, 0.29) is 6.54 Å². The van der Waals surface area contributed by atoms with Crippen LogP contribution in [-0.4, -0.2) is 23.9 Å². The fourth-order valence-electron chi connectivity index (χ4n) is 1.77. The Bertz CT molecular complexity index is 625. The van der Waals surface area contributed by atoms with E-state index in [0.29, 0.717) is 11.5 Å². The van der Waals surface area contributed by atoms with Gasteiger partial charge in [-0.15, -0.1) is 0 Å². The number of nitrogens with zero attached hydrogens (tertiary/aromatic N) is 3. The van der Waals surface area contributed by atoms with Gasteiger partial charge < -0.3 is 14.6 Å². The second-order valence-electron chi connectivity index (χ2n) is 4.69. The van der Waals surface area contributed by atoms with Gasteiger partial charge in [0.2, 0.25) is 0 Å². The fraction of sp³-hybridized carbons (Fsp3) is 0.250. The summed E-state index contributed by atoms with van der Waals surface area (Å²) in [6, 6.07) is 16.6. The number of para-hydroxylation sites is 1. The second-order valence-corrected chi connectivity index (χ2v) is 4.69. The van der Waals surface area contributed by atoms with Crippen LogP contribution in [0.25, 0.3) is 10.4 Å². The minimum absolute atomic E-state index is 0.0210. The van der Waals surface area contributed by atoms with Crippen molar-refractivity contribution in [3.05, 3.63) is 65.0 Å². The summed E-state index contributed by atoms with van der Waals surface area (Å²) in [5, 5.41) is 13.1. The maximum Gasteiger partial charge on any atom is 0.127 e. The van der Waals surface area contributed by atoms with Crippen molar-refractivity contribution < 1.29 is 14.6 Å². The lowest BCUT2D eigenvalue weighted by Crippen LogP contribution is -2.30. The van der Waals surface area contributed by atoms with Gasteiger partial charge in [0.05, 0.1) is 12.6 Å². The Morgan fingerprint density at radius 1 is 1.05 bits per heavy atom. The van der Waals surface area contributed by atoms with Crippen LogP contribution in [0.2, 0.25) is 0 Å². The third-order valence-electron chi connectivity index (χ3n) is 3.00. The Balaban J connectivity index is 1.92. The van der Waals surface area contributed by atoms with E-state index in [1.165, 1.54) is 0 Å². The summed E-state index contributed by atoms with van der Waals surface area (Å²) in [6.07, 6.45) is -1.33. The molecule has 0 radical (unpaired) electrons. The number of aliphatic hydroxyl groups excluding tert-OH is 1. The minimum Gasteiger partial charge on any atom is -0.488 e. The average molecular weight is 299 g/mol. The van der Waals surface area contributed by atoms with Crippen LogP contribution in [0.1, 0.15) is 6.92 Å². The minimum atomic E-state index is -0.851. The fourth-order valence-corrected chi connectivity index (χ4v) is 1.77. The Kier molecular flexibility index (Phi) is 5.65. The van der Waals surface area contributed by atoms with Crippen LogP contribution < -0.4 is 9.47 Å². The first-order valence-electron chi connectivity index (χ1n) is 6.87. The lowest BCUT2D eigenvalue weighted by Gasteiger charge is -2.19. The highest BCUT2D eigenvalue weighted by molar-refractivity contribution is 5.35. The number of ether oxygens (including phenoxy) is 2. The summed E-state index contributed by atoms with van der Waals surface area (Å²) < 4.78 is 11.3.